The van der Waals surface area contributed by atoms with Gasteiger partial charge in [0.25, 0.3) is 5.91 Å². The summed E-state index contributed by atoms with van der Waals surface area (Å²) in [6.45, 7) is 0. The lowest BCUT2D eigenvalue weighted by Crippen LogP contribution is -2.08. The van der Waals surface area contributed by atoms with Crippen LogP contribution >= 0.6 is 0 Å². The average Bonchev–Trinajstić information content (AvgIpc) is 2.62. The minimum Gasteiger partial charge on any atom is -0.508 e. The Bertz CT molecular complexity index is 912. The van der Waals surface area contributed by atoms with Crippen molar-refractivity contribution < 1.29 is 14.1 Å². The molecule has 0 aliphatic heterocycles. The number of pyridine rings is 1. The highest BCUT2D eigenvalue weighted by molar-refractivity contribution is 7.76. The smallest absolute Gasteiger partial charge is 0.286 e. The fourth-order valence-electron chi connectivity index (χ4n) is 2.35. The molecule has 6 heteroatoms. The Morgan fingerprint density at radius 2 is 2.08 bits per heavy atom. The number of carbonyl (C=O) groups is 1. The van der Waals surface area contributed by atoms with Gasteiger partial charge in [-0.25, -0.2) is 0 Å². The lowest BCUT2D eigenvalue weighted by Gasteiger charge is -2.07. The van der Waals surface area contributed by atoms with Gasteiger partial charge < -0.3 is 5.11 Å². The number of benzene rings is 1. The zero-order valence-corrected chi connectivity index (χ0v) is 13.6. The van der Waals surface area contributed by atoms with Crippen LogP contribution in [0.25, 0.3) is 11.1 Å². The van der Waals surface area contributed by atoms with Crippen LogP contribution in [0.1, 0.15) is 16.8 Å². The van der Waals surface area contributed by atoms with Crippen LogP contribution in [0.15, 0.2) is 71.4 Å². The molecule has 0 bridgehead atoms. The van der Waals surface area contributed by atoms with E-state index < -0.39 is 16.5 Å². The Balaban J connectivity index is 1.86. The van der Waals surface area contributed by atoms with Gasteiger partial charge in [0.1, 0.15) is 5.75 Å². The summed E-state index contributed by atoms with van der Waals surface area (Å²) < 4.78 is 16.0. The number of amides is 1. The largest absolute Gasteiger partial charge is 0.508 e. The lowest BCUT2D eigenvalue weighted by molar-refractivity contribution is 0.100. The summed E-state index contributed by atoms with van der Waals surface area (Å²) in [4.78, 5) is 16.3. The zero-order chi connectivity index (χ0) is 16.9. The van der Waals surface area contributed by atoms with E-state index in [1.54, 1.807) is 36.5 Å². The van der Waals surface area contributed by atoms with Gasteiger partial charge in [-0.15, -0.1) is 0 Å². The molecule has 0 saturated heterocycles. The van der Waals surface area contributed by atoms with Crippen LogP contribution in [0.3, 0.4) is 0 Å². The van der Waals surface area contributed by atoms with Crippen molar-refractivity contribution in [2.45, 2.75) is 11.7 Å². The summed E-state index contributed by atoms with van der Waals surface area (Å²) in [5.74, 6) is -0.414. The Labute approximate surface area is 141 Å². The van der Waals surface area contributed by atoms with Crippen molar-refractivity contribution in [3.63, 3.8) is 0 Å². The molecule has 1 amide bonds. The Morgan fingerprint density at radius 3 is 2.83 bits per heavy atom. The Kier molecular flexibility index (Phi) is 4.86. The van der Waals surface area contributed by atoms with Crippen LogP contribution in [-0.4, -0.2) is 25.5 Å². The van der Waals surface area contributed by atoms with Gasteiger partial charge in [0.15, 0.2) is 0 Å². The maximum atomic E-state index is 12.3. The fraction of sp³-hybridized carbons (Fsp3) is 0.111. The highest BCUT2D eigenvalue weighted by atomic mass is 32.2. The molecule has 0 spiro atoms. The topological polar surface area (TPSA) is 79.6 Å². The molecular formula is C18H16N2O3S. The molecule has 2 atom stereocenters. The van der Waals surface area contributed by atoms with E-state index in [1.807, 2.05) is 24.3 Å². The number of phenolic OH excluding ortho intramolecular Hbond substituents is 1. The van der Waals surface area contributed by atoms with E-state index in [0.717, 1.165) is 5.56 Å². The highest BCUT2D eigenvalue weighted by Crippen LogP contribution is 2.23. The fourth-order valence-corrected chi connectivity index (χ4v) is 3.34. The third-order valence-electron chi connectivity index (χ3n) is 3.60. The van der Waals surface area contributed by atoms with Crippen molar-refractivity contribution in [3.05, 3.63) is 72.6 Å². The van der Waals surface area contributed by atoms with Crippen molar-refractivity contribution in [3.8, 4) is 16.9 Å². The quantitative estimate of drug-likeness (QED) is 0.841. The predicted octanol–water partition coefficient (Wildman–Crippen LogP) is 3.14. The van der Waals surface area contributed by atoms with E-state index in [4.69, 9.17) is 0 Å². The molecule has 122 valence electrons. The summed E-state index contributed by atoms with van der Waals surface area (Å²) in [5.41, 5.74) is 1.69. The third-order valence-corrected chi connectivity index (χ3v) is 4.92. The number of nitrogens with zero attached hydrogens (tertiary/aromatic N) is 2. The van der Waals surface area contributed by atoms with Crippen molar-refractivity contribution in [1.29, 1.82) is 0 Å². The highest BCUT2D eigenvalue weighted by Gasteiger charge is 2.11. The van der Waals surface area contributed by atoms with Gasteiger partial charge in [-0.3, -0.25) is 14.0 Å². The number of hydrogen-bond donors (Lipinski definition) is 2. The van der Waals surface area contributed by atoms with Crippen LogP contribution in [0.4, 0.5) is 0 Å². The van der Waals surface area contributed by atoms with Crippen molar-refractivity contribution in [1.82, 2.24) is 4.98 Å². The molecule has 0 saturated carbocycles. The number of aromatic nitrogens is 1. The molecule has 1 aromatic heterocycles. The minimum absolute atomic E-state index is 0.133. The zero-order valence-electron chi connectivity index (χ0n) is 12.7. The van der Waals surface area contributed by atoms with Crippen molar-refractivity contribution >= 4 is 16.5 Å². The first-order valence-electron chi connectivity index (χ1n) is 7.43. The summed E-state index contributed by atoms with van der Waals surface area (Å²) in [7, 11) is -2.01. The number of allylic oxidation sites excluding steroid dienone is 3. The molecule has 2 unspecified atom stereocenters. The third kappa shape index (κ3) is 3.78. The molecule has 0 fully saturated rings. The molecule has 1 aliphatic carbocycles. The van der Waals surface area contributed by atoms with E-state index in [0.29, 0.717) is 12.0 Å². The molecule has 1 aromatic carbocycles. The second kappa shape index (κ2) is 7.23. The number of hydrogen-bond acceptors (Lipinski definition) is 4. The van der Waals surface area contributed by atoms with Crippen molar-refractivity contribution in [2.75, 3.05) is 0 Å². The number of carbonyl (C=O) groups excluding carboxylic acids is 1. The molecular weight excluding hydrogens is 324 g/mol. The van der Waals surface area contributed by atoms with Gasteiger partial charge in [-0.05, 0) is 30.2 Å². The molecule has 5 nitrogen and oxygen atoms in total. The molecule has 1 N–H and O–H groups in total. The van der Waals surface area contributed by atoms with Crippen LogP contribution in [-0.2, 0) is 10.6 Å². The number of aromatic hydroxyl groups is 1. The molecule has 24 heavy (non-hydrogen) atoms. The van der Waals surface area contributed by atoms with Gasteiger partial charge >= 0.3 is 0 Å². The van der Waals surface area contributed by atoms with Gasteiger partial charge in [-0.1, -0.05) is 36.4 Å². The summed E-state index contributed by atoms with van der Waals surface area (Å²) in [6.07, 6.45) is 11.0. The number of rotatable bonds is 3. The van der Waals surface area contributed by atoms with Crippen molar-refractivity contribution in [2.24, 2.45) is 4.36 Å². The molecule has 3 rings (SSSR count). The first-order chi connectivity index (χ1) is 11.6. The normalized spacial score (nSPS) is 17.8. The van der Waals surface area contributed by atoms with E-state index >= 15 is 0 Å². The summed E-state index contributed by atoms with van der Waals surface area (Å²) >= 11 is 0. The number of thiol groups is 1. The minimum atomic E-state index is -2.01. The lowest BCUT2D eigenvalue weighted by atomic mass is 10.1. The summed E-state index contributed by atoms with van der Waals surface area (Å²) in [6, 6.07) is 8.30. The van der Waals surface area contributed by atoms with E-state index in [9.17, 15) is 14.1 Å². The van der Waals surface area contributed by atoms with Crippen LogP contribution < -0.4 is 0 Å². The van der Waals surface area contributed by atoms with Gasteiger partial charge in [0, 0.05) is 18.0 Å². The maximum absolute atomic E-state index is 12.3. The SMILES string of the molecule is O=C(N=[SH](=O)C1C=CC=CC1)c1cncc(-c2cccc(O)c2)c1. The van der Waals surface area contributed by atoms with E-state index in [-0.39, 0.29) is 16.6 Å². The number of phenols is 1. The predicted molar refractivity (Wildman–Crippen MR) is 94.3 cm³/mol. The molecule has 1 heterocycles. The second-order valence-electron chi connectivity index (χ2n) is 5.34. The van der Waals surface area contributed by atoms with Crippen LogP contribution in [0.5, 0.6) is 5.75 Å². The standard InChI is InChI=1S/C18H16N2O3S/c21-16-6-4-5-13(10-16)14-9-15(12-19-11-14)18(22)20-24(23)17-7-2-1-3-8-17/h1-7,9-12,17,21,24H,8H2. The first-order valence-corrected chi connectivity index (χ1v) is 8.72. The maximum Gasteiger partial charge on any atom is 0.286 e. The van der Waals surface area contributed by atoms with E-state index in [2.05, 4.69) is 9.35 Å². The monoisotopic (exact) mass is 340 g/mol. The Morgan fingerprint density at radius 1 is 1.21 bits per heavy atom. The average molecular weight is 340 g/mol. The molecule has 2 aromatic rings. The van der Waals surface area contributed by atoms with Gasteiger partial charge in [0.2, 0.25) is 0 Å². The van der Waals surface area contributed by atoms with E-state index in [1.165, 1.54) is 6.20 Å². The van der Waals surface area contributed by atoms with Crippen LogP contribution in [0, 0.1) is 0 Å². The van der Waals surface area contributed by atoms with Gasteiger partial charge in [0.05, 0.1) is 21.4 Å². The first kappa shape index (κ1) is 16.1. The molecule has 0 radical (unpaired) electrons. The second-order valence-corrected chi connectivity index (χ2v) is 6.80. The molecule has 1 aliphatic rings. The summed E-state index contributed by atoms with van der Waals surface area (Å²) in [5, 5.41) is 9.32. The van der Waals surface area contributed by atoms with Crippen LogP contribution in [0.2, 0.25) is 0 Å². The van der Waals surface area contributed by atoms with Gasteiger partial charge in [-0.2, -0.15) is 4.36 Å². The Hall–Kier alpha value is -2.73.